The number of anilines is 1. The minimum atomic E-state index is -0.760. The summed E-state index contributed by atoms with van der Waals surface area (Å²) < 4.78 is 14.6. The Balaban J connectivity index is 1.75. The second-order valence-corrected chi connectivity index (χ2v) is 8.38. The summed E-state index contributed by atoms with van der Waals surface area (Å²) in [5.74, 6) is 0.0819. The minimum absolute atomic E-state index is 0.299. The van der Waals surface area contributed by atoms with Crippen LogP contribution in [-0.4, -0.2) is 34.4 Å². The Bertz CT molecular complexity index is 1020. The van der Waals surface area contributed by atoms with Gasteiger partial charge in [-0.25, -0.2) is 4.39 Å². The highest BCUT2D eigenvalue weighted by molar-refractivity contribution is 8.13. The summed E-state index contributed by atoms with van der Waals surface area (Å²) in [7, 11) is 0. The molecule has 7 nitrogen and oxygen atoms in total. The Hall–Kier alpha value is -3.20. The van der Waals surface area contributed by atoms with Crippen LogP contribution in [0.15, 0.2) is 52.6 Å². The highest BCUT2D eigenvalue weighted by Gasteiger charge is 2.32. The molecule has 1 heterocycles. The maximum absolute atomic E-state index is 14.6. The third kappa shape index (κ3) is 5.49. The standard InChI is InChI=1S/C22H25FN6OS/c1-3-26-29(14-24)13-15-4-6-16(7-5-15)20(30)27-17-8-9-19(23)18(12-17)22(2)10-11-31-21(25)28-22/h3-9,12,14,24H,10-11,13H2,1-2H3,(H2,25,28)(H,27,30)/b24-14?,26-3-. The molecule has 1 aliphatic heterocycles. The first kappa shape index (κ1) is 22.5. The first-order valence-corrected chi connectivity index (χ1v) is 10.8. The molecule has 0 aliphatic carbocycles. The van der Waals surface area contributed by atoms with E-state index in [0.29, 0.717) is 34.9 Å². The fourth-order valence-corrected chi connectivity index (χ4v) is 4.29. The fourth-order valence-electron chi connectivity index (χ4n) is 3.32. The molecule has 31 heavy (non-hydrogen) atoms. The van der Waals surface area contributed by atoms with E-state index in [-0.39, 0.29) is 11.7 Å². The van der Waals surface area contributed by atoms with Crippen LogP contribution in [0.1, 0.15) is 41.8 Å². The van der Waals surface area contributed by atoms with Crippen LogP contribution in [0, 0.1) is 11.2 Å². The van der Waals surface area contributed by atoms with E-state index in [1.54, 1.807) is 31.3 Å². The summed E-state index contributed by atoms with van der Waals surface area (Å²) in [5, 5.41) is 16.2. The van der Waals surface area contributed by atoms with Crippen LogP contribution in [0.4, 0.5) is 10.1 Å². The first-order valence-electron chi connectivity index (χ1n) is 9.79. The topological polar surface area (TPSA) is 107 Å². The number of hydrogen-bond acceptors (Lipinski definition) is 6. The number of nitrogens with one attached hydrogen (secondary N) is 2. The van der Waals surface area contributed by atoms with Crippen molar-refractivity contribution >= 4 is 41.1 Å². The Labute approximate surface area is 185 Å². The molecule has 1 unspecified atom stereocenters. The Kier molecular flexibility index (Phi) is 7.06. The molecule has 0 saturated carbocycles. The number of carbonyl (C=O) groups excluding carboxylic acids is 1. The lowest BCUT2D eigenvalue weighted by Gasteiger charge is -2.30. The number of carbonyl (C=O) groups is 1. The van der Waals surface area contributed by atoms with Crippen molar-refractivity contribution in [1.29, 1.82) is 5.41 Å². The first-order chi connectivity index (χ1) is 14.8. The summed E-state index contributed by atoms with van der Waals surface area (Å²) in [6.07, 6.45) is 3.40. The molecule has 1 atom stereocenters. The van der Waals surface area contributed by atoms with Crippen LogP contribution < -0.4 is 11.1 Å². The van der Waals surface area contributed by atoms with Gasteiger partial charge < -0.3 is 11.1 Å². The number of thioether (sulfide) groups is 1. The number of hydrogen-bond donors (Lipinski definition) is 3. The van der Waals surface area contributed by atoms with Gasteiger partial charge in [-0.05, 0) is 56.2 Å². The number of hydrazone groups is 1. The molecule has 3 rings (SSSR count). The SMILES string of the molecule is C/C=N\N(C=N)Cc1ccc(C(=O)Nc2ccc(F)c(C3(C)CCSC(N)=N3)c2)cc1. The molecule has 4 N–H and O–H groups in total. The lowest BCUT2D eigenvalue weighted by Crippen LogP contribution is -2.29. The lowest BCUT2D eigenvalue weighted by molar-refractivity contribution is 0.102. The number of halogens is 1. The average molecular weight is 441 g/mol. The van der Waals surface area contributed by atoms with Gasteiger partial charge in [-0.15, -0.1) is 0 Å². The molecule has 162 valence electrons. The van der Waals surface area contributed by atoms with Gasteiger partial charge in [0.15, 0.2) is 5.17 Å². The van der Waals surface area contributed by atoms with Gasteiger partial charge in [0.25, 0.3) is 5.91 Å². The molecule has 0 saturated heterocycles. The quantitative estimate of drug-likeness (QED) is 0.341. The molecule has 1 aliphatic rings. The van der Waals surface area contributed by atoms with E-state index in [4.69, 9.17) is 11.1 Å². The molecule has 0 bridgehead atoms. The molecule has 0 fully saturated rings. The van der Waals surface area contributed by atoms with Crippen molar-refractivity contribution in [2.45, 2.75) is 32.4 Å². The van der Waals surface area contributed by atoms with E-state index >= 15 is 0 Å². The van der Waals surface area contributed by atoms with E-state index in [2.05, 4.69) is 15.4 Å². The molecule has 1 amide bonds. The second-order valence-electron chi connectivity index (χ2n) is 7.27. The van der Waals surface area contributed by atoms with Crippen LogP contribution >= 0.6 is 11.8 Å². The molecule has 0 aromatic heterocycles. The monoisotopic (exact) mass is 440 g/mol. The van der Waals surface area contributed by atoms with Gasteiger partial charge in [0.1, 0.15) is 12.2 Å². The second kappa shape index (κ2) is 9.74. The largest absolute Gasteiger partial charge is 0.379 e. The predicted molar refractivity (Wildman–Crippen MR) is 125 cm³/mol. The van der Waals surface area contributed by atoms with Gasteiger partial charge in [-0.2, -0.15) is 5.10 Å². The van der Waals surface area contributed by atoms with Crippen molar-refractivity contribution in [3.8, 4) is 0 Å². The summed E-state index contributed by atoms with van der Waals surface area (Å²) in [5.41, 5.74) is 7.38. The zero-order valence-corrected chi connectivity index (χ0v) is 18.2. The smallest absolute Gasteiger partial charge is 0.255 e. The Morgan fingerprint density at radius 3 is 2.77 bits per heavy atom. The molecule has 2 aromatic carbocycles. The number of aliphatic imine (C=N–C) groups is 1. The highest BCUT2D eigenvalue weighted by atomic mass is 32.2. The minimum Gasteiger partial charge on any atom is -0.379 e. The molecular formula is C22H25FN6OS. The van der Waals surface area contributed by atoms with Gasteiger partial charge in [0, 0.05) is 28.8 Å². The number of nitrogens with zero attached hydrogens (tertiary/aromatic N) is 3. The number of amidine groups is 1. The normalized spacial score (nSPS) is 18.5. The molecular weight excluding hydrogens is 415 g/mol. The van der Waals surface area contributed by atoms with Crippen molar-refractivity contribution < 1.29 is 9.18 Å². The van der Waals surface area contributed by atoms with E-state index in [1.807, 2.05) is 19.1 Å². The maximum Gasteiger partial charge on any atom is 0.255 e. The van der Waals surface area contributed by atoms with E-state index < -0.39 is 5.54 Å². The third-order valence-corrected chi connectivity index (χ3v) is 5.77. The van der Waals surface area contributed by atoms with Crippen LogP contribution in [0.25, 0.3) is 0 Å². The number of amides is 1. The van der Waals surface area contributed by atoms with Gasteiger partial charge >= 0.3 is 0 Å². The third-order valence-electron chi connectivity index (χ3n) is 4.97. The molecule has 0 spiro atoms. The van der Waals surface area contributed by atoms with Crippen LogP contribution in [0.2, 0.25) is 0 Å². The number of nitrogens with two attached hydrogens (primary N) is 1. The van der Waals surface area contributed by atoms with Gasteiger partial charge in [0.2, 0.25) is 0 Å². The van der Waals surface area contributed by atoms with Gasteiger partial charge in [-0.3, -0.25) is 20.2 Å². The molecule has 0 radical (unpaired) electrons. The van der Waals surface area contributed by atoms with E-state index in [9.17, 15) is 9.18 Å². The van der Waals surface area contributed by atoms with Crippen LogP contribution in [0.5, 0.6) is 0 Å². The summed E-state index contributed by atoms with van der Waals surface area (Å²) in [4.78, 5) is 17.1. The molecule has 2 aromatic rings. The van der Waals surface area contributed by atoms with Crippen molar-refractivity contribution in [1.82, 2.24) is 5.01 Å². The van der Waals surface area contributed by atoms with Crippen molar-refractivity contribution in [3.63, 3.8) is 0 Å². The van der Waals surface area contributed by atoms with Gasteiger partial charge in [0.05, 0.1) is 12.1 Å². The van der Waals surface area contributed by atoms with Crippen LogP contribution in [-0.2, 0) is 12.1 Å². The lowest BCUT2D eigenvalue weighted by atomic mass is 9.89. The molecule has 9 heteroatoms. The summed E-state index contributed by atoms with van der Waals surface area (Å²) in [6, 6.07) is 11.5. The number of benzene rings is 2. The highest BCUT2D eigenvalue weighted by Crippen LogP contribution is 2.37. The summed E-state index contributed by atoms with van der Waals surface area (Å²) >= 11 is 1.45. The van der Waals surface area contributed by atoms with E-state index in [1.165, 1.54) is 28.9 Å². The van der Waals surface area contributed by atoms with Crippen molar-refractivity contribution in [2.75, 3.05) is 11.1 Å². The predicted octanol–water partition coefficient (Wildman–Crippen LogP) is 4.16. The Morgan fingerprint density at radius 1 is 1.39 bits per heavy atom. The average Bonchev–Trinajstić information content (AvgIpc) is 2.75. The van der Waals surface area contributed by atoms with Crippen LogP contribution in [0.3, 0.4) is 0 Å². The number of rotatable bonds is 7. The summed E-state index contributed by atoms with van der Waals surface area (Å²) in [6.45, 7) is 4.06. The maximum atomic E-state index is 14.6. The zero-order chi connectivity index (χ0) is 22.4. The zero-order valence-electron chi connectivity index (χ0n) is 17.4. The van der Waals surface area contributed by atoms with Crippen molar-refractivity contribution in [2.24, 2.45) is 15.8 Å². The van der Waals surface area contributed by atoms with E-state index in [0.717, 1.165) is 17.7 Å². The Morgan fingerprint density at radius 2 is 2.13 bits per heavy atom. The fraction of sp³-hybridized carbons (Fsp3) is 0.273. The van der Waals surface area contributed by atoms with Crippen molar-refractivity contribution in [3.05, 3.63) is 65.0 Å². The van der Waals surface area contributed by atoms with Gasteiger partial charge in [-0.1, -0.05) is 23.9 Å².